The highest BCUT2D eigenvalue weighted by molar-refractivity contribution is 6.00. The Morgan fingerprint density at radius 1 is 1.29 bits per heavy atom. The van der Waals surface area contributed by atoms with Crippen molar-refractivity contribution < 1.29 is 4.79 Å². The SMILES string of the molecule is Cc1ccccc1CCNc1cc2c(cc1N)CC(=O)N2. The van der Waals surface area contributed by atoms with Crippen LogP contribution in [0.2, 0.25) is 0 Å². The molecule has 0 radical (unpaired) electrons. The normalized spacial score (nSPS) is 12.9. The first-order chi connectivity index (χ1) is 10.1. The number of benzene rings is 2. The highest BCUT2D eigenvalue weighted by Gasteiger charge is 2.19. The molecule has 2 aromatic rings. The Morgan fingerprint density at radius 2 is 2.10 bits per heavy atom. The second kappa shape index (κ2) is 5.48. The van der Waals surface area contributed by atoms with Crippen LogP contribution >= 0.6 is 0 Å². The summed E-state index contributed by atoms with van der Waals surface area (Å²) in [5.74, 6) is 0.0291. The van der Waals surface area contributed by atoms with Gasteiger partial charge in [-0.05, 0) is 42.2 Å². The van der Waals surface area contributed by atoms with E-state index in [1.807, 2.05) is 18.2 Å². The van der Waals surface area contributed by atoms with Crippen LogP contribution in [-0.4, -0.2) is 12.5 Å². The molecule has 108 valence electrons. The van der Waals surface area contributed by atoms with Crippen molar-refractivity contribution in [3.05, 3.63) is 53.1 Å². The predicted molar refractivity (Wildman–Crippen MR) is 86.6 cm³/mol. The van der Waals surface area contributed by atoms with Gasteiger partial charge in [0.15, 0.2) is 0 Å². The molecule has 1 heterocycles. The molecule has 1 aliphatic rings. The van der Waals surface area contributed by atoms with E-state index in [1.54, 1.807) is 0 Å². The number of nitrogens with two attached hydrogens (primary N) is 1. The third-order valence-electron chi connectivity index (χ3n) is 3.87. The van der Waals surface area contributed by atoms with Gasteiger partial charge in [0.05, 0.1) is 17.8 Å². The number of carbonyl (C=O) groups is 1. The van der Waals surface area contributed by atoms with E-state index in [0.717, 1.165) is 29.9 Å². The number of nitrogens with one attached hydrogen (secondary N) is 2. The van der Waals surface area contributed by atoms with Crippen molar-refractivity contribution in [2.45, 2.75) is 19.8 Å². The monoisotopic (exact) mass is 281 g/mol. The lowest BCUT2D eigenvalue weighted by atomic mass is 10.1. The number of rotatable bonds is 4. The van der Waals surface area contributed by atoms with Crippen LogP contribution in [0.3, 0.4) is 0 Å². The summed E-state index contributed by atoms with van der Waals surface area (Å²) in [4.78, 5) is 11.4. The van der Waals surface area contributed by atoms with Crippen molar-refractivity contribution in [2.24, 2.45) is 0 Å². The number of fused-ring (bicyclic) bond motifs is 1. The molecule has 21 heavy (non-hydrogen) atoms. The Balaban J connectivity index is 1.68. The summed E-state index contributed by atoms with van der Waals surface area (Å²) in [6.45, 7) is 2.93. The minimum Gasteiger partial charge on any atom is -0.397 e. The number of nitrogen functional groups attached to an aromatic ring is 1. The lowest BCUT2D eigenvalue weighted by Gasteiger charge is -2.12. The average molecular weight is 281 g/mol. The third kappa shape index (κ3) is 2.84. The zero-order chi connectivity index (χ0) is 14.8. The second-order valence-electron chi connectivity index (χ2n) is 5.42. The fourth-order valence-electron chi connectivity index (χ4n) is 2.67. The zero-order valence-corrected chi connectivity index (χ0v) is 12.1. The van der Waals surface area contributed by atoms with E-state index in [0.29, 0.717) is 12.1 Å². The molecular weight excluding hydrogens is 262 g/mol. The maximum absolute atomic E-state index is 11.4. The summed E-state index contributed by atoms with van der Waals surface area (Å²) in [7, 11) is 0. The lowest BCUT2D eigenvalue weighted by Crippen LogP contribution is -2.08. The molecule has 0 aliphatic carbocycles. The quantitative estimate of drug-likeness (QED) is 0.755. The van der Waals surface area contributed by atoms with Crippen molar-refractivity contribution in [3.8, 4) is 0 Å². The van der Waals surface area contributed by atoms with Crippen molar-refractivity contribution in [3.63, 3.8) is 0 Å². The molecule has 0 aromatic heterocycles. The Kier molecular flexibility index (Phi) is 3.52. The standard InChI is InChI=1S/C17H19N3O/c1-11-4-2-3-5-12(11)6-7-19-16-10-15-13(8-14(16)18)9-17(21)20-15/h2-5,8,10,19H,6-7,9,18H2,1H3,(H,20,21). The maximum atomic E-state index is 11.4. The molecule has 3 rings (SSSR count). The van der Waals surface area contributed by atoms with Crippen molar-refractivity contribution in [2.75, 3.05) is 22.9 Å². The Hall–Kier alpha value is -2.49. The van der Waals surface area contributed by atoms with Crippen LogP contribution in [0.25, 0.3) is 0 Å². The van der Waals surface area contributed by atoms with Gasteiger partial charge >= 0.3 is 0 Å². The fraction of sp³-hybridized carbons (Fsp3) is 0.235. The molecule has 4 N–H and O–H groups in total. The molecular formula is C17H19N3O. The van der Waals surface area contributed by atoms with Gasteiger partial charge in [0.2, 0.25) is 5.91 Å². The van der Waals surface area contributed by atoms with E-state index in [1.165, 1.54) is 11.1 Å². The Labute approximate surface area is 124 Å². The van der Waals surface area contributed by atoms with E-state index in [9.17, 15) is 4.79 Å². The summed E-state index contributed by atoms with van der Waals surface area (Å²) in [5, 5.41) is 6.20. The maximum Gasteiger partial charge on any atom is 0.228 e. The van der Waals surface area contributed by atoms with Crippen LogP contribution in [-0.2, 0) is 17.6 Å². The van der Waals surface area contributed by atoms with Crippen LogP contribution in [0.4, 0.5) is 17.1 Å². The van der Waals surface area contributed by atoms with Crippen molar-refractivity contribution in [1.82, 2.24) is 0 Å². The van der Waals surface area contributed by atoms with Crippen LogP contribution < -0.4 is 16.4 Å². The first kappa shape index (κ1) is 13.5. The molecule has 0 unspecified atom stereocenters. The molecule has 0 spiro atoms. The third-order valence-corrected chi connectivity index (χ3v) is 3.87. The summed E-state index contributed by atoms with van der Waals surface area (Å²) in [6.07, 6.45) is 1.36. The molecule has 0 saturated carbocycles. The summed E-state index contributed by atoms with van der Waals surface area (Å²) < 4.78 is 0. The number of hydrogen-bond acceptors (Lipinski definition) is 3. The highest BCUT2D eigenvalue weighted by Crippen LogP contribution is 2.31. The minimum atomic E-state index is 0.0291. The molecule has 4 heteroatoms. The summed E-state index contributed by atoms with van der Waals surface area (Å²) >= 11 is 0. The van der Waals surface area contributed by atoms with Gasteiger partial charge in [-0.1, -0.05) is 24.3 Å². The van der Waals surface area contributed by atoms with Gasteiger partial charge in [0.1, 0.15) is 0 Å². The van der Waals surface area contributed by atoms with Crippen LogP contribution in [0.5, 0.6) is 0 Å². The van der Waals surface area contributed by atoms with Gasteiger partial charge in [-0.15, -0.1) is 0 Å². The van der Waals surface area contributed by atoms with Gasteiger partial charge in [0.25, 0.3) is 0 Å². The minimum absolute atomic E-state index is 0.0291. The lowest BCUT2D eigenvalue weighted by molar-refractivity contribution is -0.115. The Morgan fingerprint density at radius 3 is 2.90 bits per heavy atom. The van der Waals surface area contributed by atoms with Gasteiger partial charge < -0.3 is 16.4 Å². The molecule has 0 bridgehead atoms. The summed E-state index contributed by atoms with van der Waals surface area (Å²) in [5.41, 5.74) is 12.1. The number of amides is 1. The van der Waals surface area contributed by atoms with Crippen LogP contribution in [0.15, 0.2) is 36.4 Å². The molecule has 1 aliphatic heterocycles. The topological polar surface area (TPSA) is 67.1 Å². The molecule has 1 amide bonds. The van der Waals surface area contributed by atoms with Gasteiger partial charge in [-0.3, -0.25) is 4.79 Å². The zero-order valence-electron chi connectivity index (χ0n) is 12.1. The molecule has 0 saturated heterocycles. The van der Waals surface area contributed by atoms with Crippen molar-refractivity contribution in [1.29, 1.82) is 0 Å². The van der Waals surface area contributed by atoms with E-state index >= 15 is 0 Å². The van der Waals surface area contributed by atoms with Crippen LogP contribution in [0, 0.1) is 6.92 Å². The number of aryl methyl sites for hydroxylation is 1. The van der Waals surface area contributed by atoms with Crippen LogP contribution in [0.1, 0.15) is 16.7 Å². The van der Waals surface area contributed by atoms with E-state index < -0.39 is 0 Å². The molecule has 0 fully saturated rings. The number of carbonyl (C=O) groups excluding carboxylic acids is 1. The van der Waals surface area contributed by atoms with Crippen molar-refractivity contribution >= 4 is 23.0 Å². The first-order valence-corrected chi connectivity index (χ1v) is 7.14. The molecule has 2 aromatic carbocycles. The number of hydrogen-bond donors (Lipinski definition) is 3. The fourth-order valence-corrected chi connectivity index (χ4v) is 2.67. The first-order valence-electron chi connectivity index (χ1n) is 7.14. The van der Waals surface area contributed by atoms with Gasteiger partial charge in [0, 0.05) is 12.2 Å². The number of anilines is 3. The Bertz CT molecular complexity index is 694. The predicted octanol–water partition coefficient (Wildman–Crippen LogP) is 2.73. The second-order valence-corrected chi connectivity index (χ2v) is 5.42. The van der Waals surface area contributed by atoms with E-state index in [-0.39, 0.29) is 5.91 Å². The van der Waals surface area contributed by atoms with Gasteiger partial charge in [-0.25, -0.2) is 0 Å². The average Bonchev–Trinajstić information content (AvgIpc) is 2.80. The highest BCUT2D eigenvalue weighted by atomic mass is 16.1. The summed E-state index contributed by atoms with van der Waals surface area (Å²) in [6, 6.07) is 12.2. The molecule has 4 nitrogen and oxygen atoms in total. The van der Waals surface area contributed by atoms with E-state index in [4.69, 9.17) is 5.73 Å². The smallest absolute Gasteiger partial charge is 0.228 e. The molecule has 0 atom stereocenters. The van der Waals surface area contributed by atoms with Gasteiger partial charge in [-0.2, -0.15) is 0 Å². The van der Waals surface area contributed by atoms with E-state index in [2.05, 4.69) is 35.8 Å². The largest absolute Gasteiger partial charge is 0.397 e.